The first-order valence-corrected chi connectivity index (χ1v) is 16.8. The summed E-state index contributed by atoms with van der Waals surface area (Å²) >= 11 is 0.124. The van der Waals surface area contributed by atoms with Gasteiger partial charge in [-0.05, 0) is 0 Å². The fourth-order valence-electron chi connectivity index (χ4n) is 1.78. The maximum absolute atomic E-state index is 5.54. The Balaban J connectivity index is 1.88. The second-order valence-corrected chi connectivity index (χ2v) is 16.1. The monoisotopic (exact) mass is 490 g/mol. The summed E-state index contributed by atoms with van der Waals surface area (Å²) < 4.78 is 2.43. The van der Waals surface area contributed by atoms with Crippen molar-refractivity contribution in [2.75, 3.05) is 0 Å². The van der Waals surface area contributed by atoms with Crippen molar-refractivity contribution in [3.05, 3.63) is 70.8 Å². The van der Waals surface area contributed by atoms with Crippen LogP contribution in [0.2, 0.25) is 0 Å². The van der Waals surface area contributed by atoms with Crippen molar-refractivity contribution >= 4 is 34.1 Å². The molecule has 2 aromatic rings. The molecule has 0 aromatic heterocycles. The van der Waals surface area contributed by atoms with E-state index in [1.807, 2.05) is 24.3 Å². The fourth-order valence-corrected chi connectivity index (χ4v) is 12.5. The Morgan fingerprint density at radius 2 is 1.10 bits per heavy atom. The average Bonchev–Trinajstić information content (AvgIpc) is 2.52. The molecular weight excluding hydrogens is 471 g/mol. The average molecular weight is 486 g/mol. The van der Waals surface area contributed by atoms with E-state index in [2.05, 4.69) is 36.1 Å². The molecule has 0 aliphatic heterocycles. The Hall–Kier alpha value is -0.861. The van der Waals surface area contributed by atoms with Gasteiger partial charge in [0.15, 0.2) is 0 Å². The van der Waals surface area contributed by atoms with Gasteiger partial charge in [-0.1, -0.05) is 0 Å². The van der Waals surface area contributed by atoms with Crippen LogP contribution < -0.4 is 0 Å². The minimum atomic E-state index is 0.0621. The number of benzene rings is 2. The minimum absolute atomic E-state index is 0.0621. The van der Waals surface area contributed by atoms with E-state index in [1.165, 1.54) is 20.1 Å². The summed E-state index contributed by atoms with van der Waals surface area (Å²) in [5, 5.41) is 0. The van der Waals surface area contributed by atoms with Gasteiger partial charge in [0.1, 0.15) is 0 Å². The van der Waals surface area contributed by atoms with Crippen molar-refractivity contribution < 1.29 is 0 Å². The predicted octanol–water partition coefficient (Wildman–Crippen LogP) is 2.67. The number of hydrogen-bond acceptors (Lipinski definition) is 0. The van der Waals surface area contributed by atoms with Gasteiger partial charge in [-0.3, -0.25) is 0 Å². The Bertz CT molecular complexity index is 600. The van der Waals surface area contributed by atoms with Crippen molar-refractivity contribution in [2.24, 2.45) is 0 Å². The number of terminal acetylenes is 2. The summed E-state index contributed by atoms with van der Waals surface area (Å²) in [6.07, 6.45) is 11.1. The third kappa shape index (κ3) is 4.32. The SMILES string of the molecule is C#Cc1ccccc1C[Te][Te]Cc1ccccc1C#C. The molecule has 0 aliphatic rings. The van der Waals surface area contributed by atoms with Crippen molar-refractivity contribution in [3.8, 4) is 24.7 Å². The summed E-state index contributed by atoms with van der Waals surface area (Å²) in [4.78, 5) is 0. The van der Waals surface area contributed by atoms with Gasteiger partial charge in [0.25, 0.3) is 0 Å². The van der Waals surface area contributed by atoms with Gasteiger partial charge in [-0.2, -0.15) is 0 Å². The van der Waals surface area contributed by atoms with Crippen LogP contribution in [0.5, 0.6) is 0 Å². The van der Waals surface area contributed by atoms with E-state index >= 15 is 0 Å². The second kappa shape index (κ2) is 8.43. The quantitative estimate of drug-likeness (QED) is 0.347. The van der Waals surface area contributed by atoms with E-state index in [0.29, 0.717) is 0 Å². The maximum atomic E-state index is 5.54. The second-order valence-electron chi connectivity index (χ2n) is 4.13. The van der Waals surface area contributed by atoms with Crippen LogP contribution in [0.15, 0.2) is 48.5 Å². The van der Waals surface area contributed by atoms with Crippen LogP contribution in [0.3, 0.4) is 0 Å². The molecule has 98 valence electrons. The zero-order chi connectivity index (χ0) is 14.2. The first-order chi connectivity index (χ1) is 9.85. The molecule has 0 saturated carbocycles. The summed E-state index contributed by atoms with van der Waals surface area (Å²) in [6.45, 7) is 0. The van der Waals surface area contributed by atoms with Crippen LogP contribution in [0.4, 0.5) is 0 Å². The molecule has 0 radical (unpaired) electrons. The number of rotatable bonds is 5. The Morgan fingerprint density at radius 1 is 0.700 bits per heavy atom. The molecule has 0 heterocycles. The zero-order valence-corrected chi connectivity index (χ0v) is 15.7. The van der Waals surface area contributed by atoms with Crippen molar-refractivity contribution in [2.45, 2.75) is 8.94 Å². The predicted molar refractivity (Wildman–Crippen MR) is 87.7 cm³/mol. The van der Waals surface area contributed by atoms with Crippen molar-refractivity contribution in [1.82, 2.24) is 0 Å². The molecule has 2 aromatic carbocycles. The summed E-state index contributed by atoms with van der Waals surface area (Å²) in [6, 6.07) is 16.6. The molecule has 2 heteroatoms. The molecule has 0 atom stereocenters. The number of hydrogen-bond donors (Lipinski definition) is 0. The molecule has 0 saturated heterocycles. The van der Waals surface area contributed by atoms with Crippen LogP contribution >= 0.6 is 0 Å². The van der Waals surface area contributed by atoms with E-state index in [0.717, 1.165) is 11.1 Å². The first kappa shape index (κ1) is 15.5. The molecule has 0 amide bonds. The van der Waals surface area contributed by atoms with Crippen LogP contribution in [0.25, 0.3) is 0 Å². The molecule has 20 heavy (non-hydrogen) atoms. The van der Waals surface area contributed by atoms with Crippen LogP contribution in [0.1, 0.15) is 22.3 Å². The van der Waals surface area contributed by atoms with Gasteiger partial charge < -0.3 is 0 Å². The zero-order valence-electron chi connectivity index (χ0n) is 11.0. The topological polar surface area (TPSA) is 0 Å². The van der Waals surface area contributed by atoms with E-state index < -0.39 is 0 Å². The molecule has 0 bridgehead atoms. The molecular formula is C18H14Te2. The van der Waals surface area contributed by atoms with E-state index in [-0.39, 0.29) is 34.1 Å². The van der Waals surface area contributed by atoms with Gasteiger partial charge in [-0.15, -0.1) is 0 Å². The van der Waals surface area contributed by atoms with Crippen LogP contribution in [-0.4, -0.2) is 34.1 Å². The van der Waals surface area contributed by atoms with Gasteiger partial charge in [0.05, 0.1) is 0 Å². The Labute approximate surface area is 137 Å². The molecule has 0 unspecified atom stereocenters. The molecule has 0 spiro atoms. The van der Waals surface area contributed by atoms with Crippen LogP contribution in [-0.2, 0) is 8.94 Å². The third-order valence-electron chi connectivity index (χ3n) is 2.86. The molecule has 2 rings (SSSR count). The van der Waals surface area contributed by atoms with E-state index in [1.54, 1.807) is 0 Å². The van der Waals surface area contributed by atoms with E-state index in [9.17, 15) is 0 Å². The van der Waals surface area contributed by atoms with Crippen molar-refractivity contribution in [3.63, 3.8) is 0 Å². The summed E-state index contributed by atoms with van der Waals surface area (Å²) in [5.41, 5.74) is 4.84. The molecule has 0 fully saturated rings. The molecule has 0 nitrogen and oxygen atoms in total. The first-order valence-electron chi connectivity index (χ1n) is 6.18. The third-order valence-corrected chi connectivity index (χ3v) is 13.5. The molecule has 0 N–H and O–H groups in total. The van der Waals surface area contributed by atoms with E-state index in [4.69, 9.17) is 12.8 Å². The Morgan fingerprint density at radius 3 is 1.50 bits per heavy atom. The van der Waals surface area contributed by atoms with Gasteiger partial charge >= 0.3 is 139 Å². The Kier molecular flexibility index (Phi) is 6.55. The van der Waals surface area contributed by atoms with Crippen LogP contribution in [0, 0.1) is 24.7 Å². The standard InChI is InChI=1S/C18H14Te2/c1-3-15-9-5-7-11-17(15)13-19-20-14-18-12-8-6-10-16(18)4-2/h1-2,5-12H,13-14H2. The summed E-state index contributed by atoms with van der Waals surface area (Å²) in [5.74, 6) is 5.56. The molecule has 0 aliphatic carbocycles. The van der Waals surface area contributed by atoms with Gasteiger partial charge in [-0.25, -0.2) is 0 Å². The normalized spacial score (nSPS) is 9.70. The van der Waals surface area contributed by atoms with Crippen molar-refractivity contribution in [1.29, 1.82) is 0 Å². The van der Waals surface area contributed by atoms with Gasteiger partial charge in [0, 0.05) is 0 Å². The summed E-state index contributed by atoms with van der Waals surface area (Å²) in [7, 11) is 0. The fraction of sp³-hybridized carbons (Fsp3) is 0.111. The van der Waals surface area contributed by atoms with Gasteiger partial charge in [0.2, 0.25) is 0 Å².